The number of hydrogen-bond donors (Lipinski definition) is 0. The van der Waals surface area contributed by atoms with Gasteiger partial charge in [0.05, 0.1) is 0 Å². The first kappa shape index (κ1) is 14.0. The predicted molar refractivity (Wildman–Crippen MR) is 84.0 cm³/mol. The Morgan fingerprint density at radius 3 is 2.57 bits per heavy atom. The van der Waals surface area contributed by atoms with Crippen molar-refractivity contribution in [2.45, 2.75) is 12.3 Å². The van der Waals surface area contributed by atoms with Gasteiger partial charge in [0, 0.05) is 28.9 Å². The van der Waals surface area contributed by atoms with E-state index in [1.807, 2.05) is 36.4 Å². The third kappa shape index (κ3) is 2.90. The summed E-state index contributed by atoms with van der Waals surface area (Å²) in [6.07, 6.45) is 0.393. The number of halogens is 1. The van der Waals surface area contributed by atoms with Gasteiger partial charge in [-0.3, -0.25) is 14.5 Å². The van der Waals surface area contributed by atoms with E-state index in [9.17, 15) is 9.59 Å². The molecule has 1 heterocycles. The first-order valence-corrected chi connectivity index (χ1v) is 7.59. The summed E-state index contributed by atoms with van der Waals surface area (Å²) in [5.41, 5.74) is 1.64. The molecule has 2 aromatic carbocycles. The van der Waals surface area contributed by atoms with E-state index >= 15 is 0 Å². The minimum atomic E-state index is -0.222. The summed E-state index contributed by atoms with van der Waals surface area (Å²) in [5.74, 6) is -0.233. The molecule has 2 amide bonds. The topological polar surface area (TPSA) is 37.4 Å². The smallest absolute Gasteiger partial charge is 0.260 e. The molecule has 1 aliphatic heterocycles. The zero-order chi connectivity index (χ0) is 14.8. The Labute approximate surface area is 131 Å². The first-order valence-electron chi connectivity index (χ1n) is 6.80. The Kier molecular flexibility index (Phi) is 3.88. The van der Waals surface area contributed by atoms with Gasteiger partial charge in [-0.1, -0.05) is 52.3 Å². The molecule has 1 atom stereocenters. The molecule has 2 aromatic rings. The van der Waals surface area contributed by atoms with Gasteiger partial charge in [-0.2, -0.15) is 0 Å². The first-order chi connectivity index (χ1) is 10.1. The van der Waals surface area contributed by atoms with Crippen molar-refractivity contribution >= 4 is 27.7 Å². The van der Waals surface area contributed by atoms with Gasteiger partial charge in [0.15, 0.2) is 0 Å². The molecule has 0 saturated carbocycles. The van der Waals surface area contributed by atoms with E-state index in [1.54, 1.807) is 18.2 Å². The summed E-state index contributed by atoms with van der Waals surface area (Å²) in [6, 6.07) is 17.0. The minimum absolute atomic E-state index is 0.0924. The van der Waals surface area contributed by atoms with Gasteiger partial charge in [0.2, 0.25) is 5.91 Å². The maximum atomic E-state index is 12.5. The molecule has 0 aromatic heterocycles. The van der Waals surface area contributed by atoms with Crippen molar-refractivity contribution in [3.05, 3.63) is 70.2 Å². The maximum Gasteiger partial charge on any atom is 0.260 e. The van der Waals surface area contributed by atoms with Crippen LogP contribution in [0, 0.1) is 0 Å². The number of nitrogens with zero attached hydrogens (tertiary/aromatic N) is 1. The van der Waals surface area contributed by atoms with Crippen LogP contribution >= 0.6 is 15.9 Å². The zero-order valence-corrected chi connectivity index (χ0v) is 12.9. The van der Waals surface area contributed by atoms with Crippen LogP contribution < -0.4 is 0 Å². The molecule has 4 heteroatoms. The third-order valence-electron chi connectivity index (χ3n) is 3.71. The van der Waals surface area contributed by atoms with Crippen LogP contribution in [-0.4, -0.2) is 23.3 Å². The molecule has 1 aliphatic rings. The third-order valence-corrected chi connectivity index (χ3v) is 4.21. The van der Waals surface area contributed by atoms with Gasteiger partial charge in [0.1, 0.15) is 0 Å². The van der Waals surface area contributed by atoms with Crippen molar-refractivity contribution in [2.75, 3.05) is 6.54 Å². The van der Waals surface area contributed by atoms with Gasteiger partial charge >= 0.3 is 0 Å². The van der Waals surface area contributed by atoms with Gasteiger partial charge in [0.25, 0.3) is 5.91 Å². The highest BCUT2D eigenvalue weighted by Gasteiger charge is 2.34. The highest BCUT2D eigenvalue weighted by molar-refractivity contribution is 9.10. The number of imide groups is 1. The molecule has 0 aliphatic carbocycles. The minimum Gasteiger partial charge on any atom is -0.278 e. The fourth-order valence-electron chi connectivity index (χ4n) is 2.63. The van der Waals surface area contributed by atoms with Crippen molar-refractivity contribution in [1.82, 2.24) is 4.90 Å². The summed E-state index contributed by atoms with van der Waals surface area (Å²) in [7, 11) is 0. The van der Waals surface area contributed by atoms with E-state index in [1.165, 1.54) is 4.90 Å². The zero-order valence-electron chi connectivity index (χ0n) is 11.3. The molecule has 1 saturated heterocycles. The number of hydrogen-bond acceptors (Lipinski definition) is 2. The van der Waals surface area contributed by atoms with Crippen molar-refractivity contribution < 1.29 is 9.59 Å². The van der Waals surface area contributed by atoms with E-state index in [0.717, 1.165) is 10.0 Å². The molecule has 1 unspecified atom stereocenters. The van der Waals surface area contributed by atoms with Crippen LogP contribution in [0.5, 0.6) is 0 Å². The Morgan fingerprint density at radius 2 is 1.86 bits per heavy atom. The molecule has 0 radical (unpaired) electrons. The monoisotopic (exact) mass is 343 g/mol. The van der Waals surface area contributed by atoms with E-state index in [2.05, 4.69) is 15.9 Å². The fourth-order valence-corrected chi connectivity index (χ4v) is 3.03. The highest BCUT2D eigenvalue weighted by Crippen LogP contribution is 2.29. The summed E-state index contributed by atoms with van der Waals surface area (Å²) in [5, 5.41) is 0. The molecule has 106 valence electrons. The quantitative estimate of drug-likeness (QED) is 0.781. The van der Waals surface area contributed by atoms with Gasteiger partial charge in [-0.25, -0.2) is 0 Å². The van der Waals surface area contributed by atoms with Crippen LogP contribution in [0.3, 0.4) is 0 Å². The summed E-state index contributed by atoms with van der Waals surface area (Å²) < 4.78 is 0.833. The SMILES string of the molecule is O=C1CC(c2ccccc2)CN1C(=O)c1cccc(Br)c1. The van der Waals surface area contributed by atoms with Crippen molar-refractivity contribution in [3.8, 4) is 0 Å². The summed E-state index contributed by atoms with van der Waals surface area (Å²) >= 11 is 3.35. The van der Waals surface area contributed by atoms with Crippen LogP contribution in [0.25, 0.3) is 0 Å². The average Bonchev–Trinajstić information content (AvgIpc) is 2.89. The van der Waals surface area contributed by atoms with Crippen molar-refractivity contribution in [3.63, 3.8) is 0 Å². The Hall–Kier alpha value is -1.94. The standard InChI is InChI=1S/C17H14BrNO2/c18-15-8-4-7-13(9-15)17(21)19-11-14(10-16(19)20)12-5-2-1-3-6-12/h1-9,14H,10-11H2. The fraction of sp³-hybridized carbons (Fsp3) is 0.176. The number of amides is 2. The molecule has 1 fully saturated rings. The van der Waals surface area contributed by atoms with Crippen LogP contribution in [-0.2, 0) is 4.79 Å². The number of benzene rings is 2. The normalized spacial score (nSPS) is 18.0. The number of rotatable bonds is 2. The lowest BCUT2D eigenvalue weighted by molar-refractivity contribution is -0.125. The van der Waals surface area contributed by atoms with Gasteiger partial charge in [-0.05, 0) is 23.8 Å². The van der Waals surface area contributed by atoms with Crippen LogP contribution in [0.2, 0.25) is 0 Å². The average molecular weight is 344 g/mol. The Morgan fingerprint density at radius 1 is 1.10 bits per heavy atom. The van der Waals surface area contributed by atoms with Crippen LogP contribution in [0.15, 0.2) is 59.1 Å². The number of likely N-dealkylation sites (tertiary alicyclic amines) is 1. The molecule has 0 bridgehead atoms. The van der Waals surface area contributed by atoms with E-state index < -0.39 is 0 Å². The van der Waals surface area contributed by atoms with E-state index in [-0.39, 0.29) is 17.7 Å². The number of carbonyl (C=O) groups excluding carboxylic acids is 2. The maximum absolute atomic E-state index is 12.5. The second-order valence-electron chi connectivity index (χ2n) is 5.13. The second kappa shape index (κ2) is 5.82. The molecule has 0 spiro atoms. The largest absolute Gasteiger partial charge is 0.278 e. The molecular formula is C17H14BrNO2. The predicted octanol–water partition coefficient (Wildman–Crippen LogP) is 3.61. The molecule has 0 N–H and O–H groups in total. The lowest BCUT2D eigenvalue weighted by atomic mass is 9.98. The highest BCUT2D eigenvalue weighted by atomic mass is 79.9. The van der Waals surface area contributed by atoms with Crippen LogP contribution in [0.4, 0.5) is 0 Å². The van der Waals surface area contributed by atoms with Gasteiger partial charge in [-0.15, -0.1) is 0 Å². The van der Waals surface area contributed by atoms with Crippen molar-refractivity contribution in [1.29, 1.82) is 0 Å². The molecular weight excluding hydrogens is 330 g/mol. The summed E-state index contributed by atoms with van der Waals surface area (Å²) in [6.45, 7) is 0.453. The lowest BCUT2D eigenvalue weighted by Crippen LogP contribution is -2.32. The lowest BCUT2D eigenvalue weighted by Gasteiger charge is -2.15. The Bertz CT molecular complexity index is 684. The van der Waals surface area contributed by atoms with E-state index in [4.69, 9.17) is 0 Å². The van der Waals surface area contributed by atoms with Gasteiger partial charge < -0.3 is 0 Å². The molecule has 3 nitrogen and oxygen atoms in total. The number of carbonyl (C=O) groups is 2. The second-order valence-corrected chi connectivity index (χ2v) is 6.05. The van der Waals surface area contributed by atoms with Crippen LogP contribution in [0.1, 0.15) is 28.3 Å². The van der Waals surface area contributed by atoms with Crippen molar-refractivity contribution in [2.24, 2.45) is 0 Å². The van der Waals surface area contributed by atoms with E-state index in [0.29, 0.717) is 18.5 Å². The molecule has 21 heavy (non-hydrogen) atoms. The molecule has 3 rings (SSSR count). The summed E-state index contributed by atoms with van der Waals surface area (Å²) in [4.78, 5) is 26.0. The Balaban J connectivity index is 1.81.